The molecule has 122 valence electrons. The highest BCUT2D eigenvalue weighted by molar-refractivity contribution is 5.95. The molecule has 3 nitrogen and oxygen atoms in total. The quantitative estimate of drug-likeness (QED) is 0.535. The van der Waals surface area contributed by atoms with Crippen LogP contribution in [-0.4, -0.2) is 17.3 Å². The fourth-order valence-electron chi connectivity index (χ4n) is 3.04. The Morgan fingerprint density at radius 2 is 1.40 bits per heavy atom. The van der Waals surface area contributed by atoms with E-state index in [1.807, 2.05) is 36.4 Å². The SMILES string of the molecule is COc1ccc(Cc2nnc(-c3ccccc3)c3ccccc23)cc1. The molecular weight excluding hydrogens is 308 g/mol. The van der Waals surface area contributed by atoms with Crippen LogP contribution < -0.4 is 4.74 Å². The van der Waals surface area contributed by atoms with Crippen LogP contribution in [0, 0.1) is 0 Å². The van der Waals surface area contributed by atoms with Gasteiger partial charge in [-0.15, -0.1) is 5.10 Å². The van der Waals surface area contributed by atoms with Crippen molar-refractivity contribution >= 4 is 10.8 Å². The van der Waals surface area contributed by atoms with Gasteiger partial charge < -0.3 is 4.74 Å². The van der Waals surface area contributed by atoms with E-state index in [2.05, 4.69) is 52.7 Å². The summed E-state index contributed by atoms with van der Waals surface area (Å²) in [6.45, 7) is 0. The Labute approximate surface area is 146 Å². The average Bonchev–Trinajstić information content (AvgIpc) is 2.69. The lowest BCUT2D eigenvalue weighted by molar-refractivity contribution is 0.414. The van der Waals surface area contributed by atoms with Gasteiger partial charge in [0.15, 0.2) is 0 Å². The number of fused-ring (bicyclic) bond motifs is 1. The van der Waals surface area contributed by atoms with Gasteiger partial charge in [-0.05, 0) is 17.7 Å². The fourth-order valence-corrected chi connectivity index (χ4v) is 3.04. The van der Waals surface area contributed by atoms with Gasteiger partial charge in [0.05, 0.1) is 12.8 Å². The third kappa shape index (κ3) is 3.09. The molecule has 0 fully saturated rings. The van der Waals surface area contributed by atoms with Crippen LogP contribution in [0.2, 0.25) is 0 Å². The van der Waals surface area contributed by atoms with E-state index in [0.29, 0.717) is 0 Å². The number of methoxy groups -OCH3 is 1. The summed E-state index contributed by atoms with van der Waals surface area (Å²) >= 11 is 0. The van der Waals surface area contributed by atoms with Crippen molar-refractivity contribution in [3.63, 3.8) is 0 Å². The Balaban J connectivity index is 1.78. The first-order chi connectivity index (χ1) is 12.3. The maximum Gasteiger partial charge on any atom is 0.118 e. The molecule has 0 N–H and O–H groups in total. The molecule has 4 rings (SSSR count). The van der Waals surface area contributed by atoms with Crippen LogP contribution in [0.4, 0.5) is 0 Å². The Morgan fingerprint density at radius 3 is 2.12 bits per heavy atom. The van der Waals surface area contributed by atoms with E-state index in [1.54, 1.807) is 7.11 Å². The van der Waals surface area contributed by atoms with Crippen molar-refractivity contribution in [2.75, 3.05) is 7.11 Å². The highest BCUT2D eigenvalue weighted by Crippen LogP contribution is 2.28. The summed E-state index contributed by atoms with van der Waals surface area (Å²) in [6, 6.07) is 26.6. The first-order valence-electron chi connectivity index (χ1n) is 8.28. The lowest BCUT2D eigenvalue weighted by Crippen LogP contribution is -1.99. The topological polar surface area (TPSA) is 35.0 Å². The van der Waals surface area contributed by atoms with Gasteiger partial charge >= 0.3 is 0 Å². The van der Waals surface area contributed by atoms with Gasteiger partial charge in [0.1, 0.15) is 11.4 Å². The van der Waals surface area contributed by atoms with Gasteiger partial charge in [-0.3, -0.25) is 0 Å². The van der Waals surface area contributed by atoms with Crippen molar-refractivity contribution in [2.45, 2.75) is 6.42 Å². The number of aromatic nitrogens is 2. The van der Waals surface area contributed by atoms with E-state index in [-0.39, 0.29) is 0 Å². The van der Waals surface area contributed by atoms with E-state index < -0.39 is 0 Å². The molecule has 0 unspecified atom stereocenters. The van der Waals surface area contributed by atoms with Gasteiger partial charge in [-0.1, -0.05) is 66.7 Å². The second-order valence-corrected chi connectivity index (χ2v) is 5.93. The highest BCUT2D eigenvalue weighted by atomic mass is 16.5. The summed E-state index contributed by atoms with van der Waals surface area (Å²) in [7, 11) is 1.68. The number of rotatable bonds is 4. The molecule has 0 atom stereocenters. The maximum atomic E-state index is 5.23. The normalized spacial score (nSPS) is 10.8. The molecule has 0 aliphatic heterocycles. The molecule has 3 aromatic carbocycles. The highest BCUT2D eigenvalue weighted by Gasteiger charge is 2.11. The Kier molecular flexibility index (Phi) is 4.13. The van der Waals surface area contributed by atoms with Gasteiger partial charge in [-0.25, -0.2) is 0 Å². The maximum absolute atomic E-state index is 5.23. The molecule has 0 saturated heterocycles. The van der Waals surface area contributed by atoms with Crippen molar-refractivity contribution in [2.24, 2.45) is 0 Å². The predicted molar refractivity (Wildman–Crippen MR) is 101 cm³/mol. The predicted octanol–water partition coefficient (Wildman–Crippen LogP) is 4.90. The molecule has 0 aliphatic carbocycles. The molecular formula is C22H18N2O. The molecule has 0 amide bonds. The van der Waals surface area contributed by atoms with Crippen LogP contribution in [0.5, 0.6) is 5.75 Å². The Bertz CT molecular complexity index is 995. The third-order valence-corrected chi connectivity index (χ3v) is 4.34. The van der Waals surface area contributed by atoms with E-state index >= 15 is 0 Å². The van der Waals surface area contributed by atoms with Crippen LogP contribution in [0.1, 0.15) is 11.3 Å². The molecule has 0 spiro atoms. The Morgan fingerprint density at radius 1 is 0.720 bits per heavy atom. The second-order valence-electron chi connectivity index (χ2n) is 5.93. The molecule has 3 heteroatoms. The minimum atomic E-state index is 0.743. The lowest BCUT2D eigenvalue weighted by Gasteiger charge is -2.10. The standard InChI is InChI=1S/C22H18N2O/c1-25-18-13-11-16(12-14-18)15-21-19-9-5-6-10-20(19)22(24-23-21)17-7-3-2-4-8-17/h2-14H,15H2,1H3. The van der Waals surface area contributed by atoms with Crippen molar-refractivity contribution in [3.8, 4) is 17.0 Å². The molecule has 0 saturated carbocycles. The average molecular weight is 326 g/mol. The van der Waals surface area contributed by atoms with E-state index in [1.165, 1.54) is 5.56 Å². The first-order valence-corrected chi connectivity index (χ1v) is 8.28. The number of benzene rings is 3. The van der Waals surface area contributed by atoms with E-state index in [9.17, 15) is 0 Å². The van der Waals surface area contributed by atoms with Crippen molar-refractivity contribution in [1.82, 2.24) is 10.2 Å². The molecule has 25 heavy (non-hydrogen) atoms. The number of hydrogen-bond acceptors (Lipinski definition) is 3. The largest absolute Gasteiger partial charge is 0.497 e. The zero-order valence-corrected chi connectivity index (χ0v) is 14.0. The van der Waals surface area contributed by atoms with Crippen LogP contribution in [0.3, 0.4) is 0 Å². The molecule has 4 aromatic rings. The smallest absolute Gasteiger partial charge is 0.118 e. The third-order valence-electron chi connectivity index (χ3n) is 4.34. The lowest BCUT2D eigenvalue weighted by atomic mass is 10.0. The van der Waals surface area contributed by atoms with Gasteiger partial charge in [0.2, 0.25) is 0 Å². The summed E-state index contributed by atoms with van der Waals surface area (Å²) in [5.74, 6) is 0.860. The van der Waals surface area contributed by atoms with Gasteiger partial charge in [-0.2, -0.15) is 5.10 Å². The molecule has 0 bridgehead atoms. The van der Waals surface area contributed by atoms with Crippen LogP contribution >= 0.6 is 0 Å². The Hall–Kier alpha value is -3.20. The van der Waals surface area contributed by atoms with Gasteiger partial charge in [0, 0.05) is 22.8 Å². The first kappa shape index (κ1) is 15.3. The molecule has 0 radical (unpaired) electrons. The summed E-state index contributed by atoms with van der Waals surface area (Å²) < 4.78 is 5.23. The van der Waals surface area contributed by atoms with Crippen molar-refractivity contribution < 1.29 is 4.74 Å². The number of nitrogens with zero attached hydrogens (tertiary/aromatic N) is 2. The van der Waals surface area contributed by atoms with E-state index in [0.717, 1.165) is 39.9 Å². The number of ether oxygens (including phenoxy) is 1. The van der Waals surface area contributed by atoms with Crippen molar-refractivity contribution in [1.29, 1.82) is 0 Å². The van der Waals surface area contributed by atoms with E-state index in [4.69, 9.17) is 4.74 Å². The fraction of sp³-hybridized carbons (Fsp3) is 0.0909. The summed E-state index contributed by atoms with van der Waals surface area (Å²) in [5, 5.41) is 11.3. The monoisotopic (exact) mass is 326 g/mol. The molecule has 0 aliphatic rings. The minimum Gasteiger partial charge on any atom is -0.497 e. The summed E-state index contributed by atoms with van der Waals surface area (Å²) in [5.41, 5.74) is 4.19. The molecule has 1 aromatic heterocycles. The summed E-state index contributed by atoms with van der Waals surface area (Å²) in [6.07, 6.45) is 0.743. The second kappa shape index (κ2) is 6.73. The minimum absolute atomic E-state index is 0.743. The number of hydrogen-bond donors (Lipinski definition) is 0. The van der Waals surface area contributed by atoms with Crippen LogP contribution in [0.15, 0.2) is 78.9 Å². The van der Waals surface area contributed by atoms with Gasteiger partial charge in [0.25, 0.3) is 0 Å². The van der Waals surface area contributed by atoms with Crippen LogP contribution in [0.25, 0.3) is 22.0 Å². The van der Waals surface area contributed by atoms with Crippen LogP contribution in [-0.2, 0) is 6.42 Å². The summed E-state index contributed by atoms with van der Waals surface area (Å²) in [4.78, 5) is 0. The zero-order chi connectivity index (χ0) is 17.1. The zero-order valence-electron chi connectivity index (χ0n) is 14.0. The molecule has 1 heterocycles. The van der Waals surface area contributed by atoms with Crippen molar-refractivity contribution in [3.05, 3.63) is 90.1 Å².